The average molecular weight is 395 g/mol. The summed E-state index contributed by atoms with van der Waals surface area (Å²) in [5, 5.41) is 5.52. The Labute approximate surface area is 166 Å². The number of Topliss-reactive ketones (excluding diaryl/α,β-unsaturated/α-hetero) is 1. The molecule has 1 atom stereocenters. The summed E-state index contributed by atoms with van der Waals surface area (Å²) < 4.78 is 28.1. The maximum Gasteiger partial charge on any atom is 0.254 e. The van der Waals surface area contributed by atoms with Crippen molar-refractivity contribution in [2.45, 2.75) is 32.1 Å². The normalized spacial score (nSPS) is 19.0. The molecule has 0 saturated heterocycles. The number of anilines is 1. The number of amides is 1. The van der Waals surface area contributed by atoms with Crippen molar-refractivity contribution in [1.82, 2.24) is 10.3 Å². The van der Waals surface area contributed by atoms with Crippen molar-refractivity contribution in [3.63, 3.8) is 0 Å². The standard InChI is InChI=1S/C22H19F2N3O2/c1-12-18(22(29)27-21-14(23)4-2-5-15(21)24)19(13-8-10-25-11-9-13)20-16(26-12)6-3-7-17(20)28/h2,4-5,8-11,19,26H,3,6-7H2,1H3,(H,27,29). The van der Waals surface area contributed by atoms with E-state index in [0.29, 0.717) is 24.1 Å². The minimum atomic E-state index is -0.866. The van der Waals surface area contributed by atoms with Crippen LogP contribution in [0.2, 0.25) is 0 Å². The Morgan fingerprint density at radius 3 is 2.52 bits per heavy atom. The average Bonchev–Trinajstić information content (AvgIpc) is 2.70. The van der Waals surface area contributed by atoms with Crippen LogP contribution < -0.4 is 10.6 Å². The number of benzene rings is 1. The summed E-state index contributed by atoms with van der Waals surface area (Å²) in [5.41, 5.74) is 2.35. The van der Waals surface area contributed by atoms with Gasteiger partial charge in [0.15, 0.2) is 5.78 Å². The number of nitrogens with zero attached hydrogens (tertiary/aromatic N) is 1. The minimum absolute atomic E-state index is 0.0320. The highest BCUT2D eigenvalue weighted by Crippen LogP contribution is 2.42. The maximum atomic E-state index is 14.1. The minimum Gasteiger partial charge on any atom is -0.362 e. The van der Waals surface area contributed by atoms with Gasteiger partial charge in [0.1, 0.15) is 17.3 Å². The van der Waals surface area contributed by atoms with Gasteiger partial charge in [-0.25, -0.2) is 8.78 Å². The predicted molar refractivity (Wildman–Crippen MR) is 104 cm³/mol. The van der Waals surface area contributed by atoms with Crippen molar-refractivity contribution in [3.05, 3.63) is 82.5 Å². The molecule has 1 unspecified atom stereocenters. The number of aromatic nitrogens is 1. The predicted octanol–water partition coefficient (Wildman–Crippen LogP) is 3.97. The quantitative estimate of drug-likeness (QED) is 0.825. The number of pyridine rings is 1. The first-order valence-corrected chi connectivity index (χ1v) is 9.36. The molecule has 2 aromatic rings. The molecule has 5 nitrogen and oxygen atoms in total. The molecule has 0 fully saturated rings. The van der Waals surface area contributed by atoms with E-state index >= 15 is 0 Å². The van der Waals surface area contributed by atoms with Crippen LogP contribution in [0.1, 0.15) is 37.7 Å². The van der Waals surface area contributed by atoms with E-state index in [4.69, 9.17) is 0 Å². The van der Waals surface area contributed by atoms with E-state index in [-0.39, 0.29) is 11.4 Å². The number of hydrogen-bond donors (Lipinski definition) is 2. The molecule has 1 amide bonds. The zero-order chi connectivity index (χ0) is 20.5. The van der Waals surface area contributed by atoms with E-state index in [1.165, 1.54) is 6.07 Å². The number of rotatable bonds is 3. The second-order valence-electron chi connectivity index (χ2n) is 7.10. The maximum absolute atomic E-state index is 14.1. The topological polar surface area (TPSA) is 71.1 Å². The van der Waals surface area contributed by atoms with E-state index in [9.17, 15) is 18.4 Å². The molecule has 1 aromatic heterocycles. The fourth-order valence-corrected chi connectivity index (χ4v) is 3.97. The molecule has 2 N–H and O–H groups in total. The van der Waals surface area contributed by atoms with Crippen LogP contribution in [-0.4, -0.2) is 16.7 Å². The number of dihydropyridines is 1. The van der Waals surface area contributed by atoms with Crippen molar-refractivity contribution >= 4 is 17.4 Å². The number of allylic oxidation sites excluding steroid dienone is 3. The Bertz CT molecular complexity index is 1040. The smallest absolute Gasteiger partial charge is 0.254 e. The van der Waals surface area contributed by atoms with Crippen LogP contribution in [0.3, 0.4) is 0 Å². The number of carbonyl (C=O) groups excluding carboxylic acids is 2. The number of nitrogens with one attached hydrogen (secondary N) is 2. The molecule has 148 valence electrons. The first-order valence-electron chi connectivity index (χ1n) is 9.36. The van der Waals surface area contributed by atoms with Gasteiger partial charge in [-0.2, -0.15) is 0 Å². The molecule has 0 spiro atoms. The van der Waals surface area contributed by atoms with Crippen molar-refractivity contribution in [2.24, 2.45) is 0 Å². The second kappa shape index (κ2) is 7.58. The Hall–Kier alpha value is -3.35. The molecule has 0 radical (unpaired) electrons. The third-order valence-corrected chi connectivity index (χ3v) is 5.26. The largest absolute Gasteiger partial charge is 0.362 e. The lowest BCUT2D eigenvalue weighted by atomic mass is 9.75. The van der Waals surface area contributed by atoms with Gasteiger partial charge in [0, 0.05) is 47.3 Å². The first kappa shape index (κ1) is 19.0. The van der Waals surface area contributed by atoms with Crippen molar-refractivity contribution in [1.29, 1.82) is 0 Å². The van der Waals surface area contributed by atoms with Gasteiger partial charge in [-0.05, 0) is 49.6 Å². The molecular formula is C22H19F2N3O2. The summed E-state index contributed by atoms with van der Waals surface area (Å²) in [6, 6.07) is 6.86. The Balaban J connectivity index is 1.80. The Morgan fingerprint density at radius 1 is 1.14 bits per heavy atom. The molecule has 0 saturated carbocycles. The summed E-state index contributed by atoms with van der Waals surface area (Å²) in [4.78, 5) is 29.9. The van der Waals surface area contributed by atoms with Gasteiger partial charge in [0.25, 0.3) is 5.91 Å². The SMILES string of the molecule is CC1=C(C(=O)Nc2c(F)cccc2F)C(c2ccncc2)C2=C(CCCC2=O)N1. The lowest BCUT2D eigenvalue weighted by Gasteiger charge is -2.34. The van der Waals surface area contributed by atoms with Crippen LogP contribution in [-0.2, 0) is 9.59 Å². The number of para-hydroxylation sites is 1. The van der Waals surface area contributed by atoms with Gasteiger partial charge in [-0.1, -0.05) is 6.07 Å². The van der Waals surface area contributed by atoms with E-state index in [1.54, 1.807) is 31.5 Å². The van der Waals surface area contributed by atoms with Gasteiger partial charge in [0.05, 0.1) is 0 Å². The molecule has 2 heterocycles. The van der Waals surface area contributed by atoms with Crippen molar-refractivity contribution in [2.75, 3.05) is 5.32 Å². The van der Waals surface area contributed by atoms with E-state index in [2.05, 4.69) is 15.6 Å². The van der Waals surface area contributed by atoms with E-state index in [0.717, 1.165) is 29.8 Å². The van der Waals surface area contributed by atoms with Crippen LogP contribution in [0.15, 0.2) is 65.3 Å². The molecule has 29 heavy (non-hydrogen) atoms. The fourth-order valence-electron chi connectivity index (χ4n) is 3.97. The zero-order valence-corrected chi connectivity index (χ0v) is 15.8. The Kier molecular flexibility index (Phi) is 4.96. The molecule has 7 heteroatoms. The summed E-state index contributed by atoms with van der Waals surface area (Å²) in [7, 11) is 0. The second-order valence-corrected chi connectivity index (χ2v) is 7.10. The summed E-state index contributed by atoms with van der Waals surface area (Å²) in [6.07, 6.45) is 5.02. The molecule has 0 bridgehead atoms. The van der Waals surface area contributed by atoms with Gasteiger partial charge in [-0.15, -0.1) is 0 Å². The lowest BCUT2D eigenvalue weighted by Crippen LogP contribution is -2.35. The lowest BCUT2D eigenvalue weighted by molar-refractivity contribution is -0.116. The number of carbonyl (C=O) groups is 2. The molecule has 4 rings (SSSR count). The highest BCUT2D eigenvalue weighted by atomic mass is 19.1. The molecular weight excluding hydrogens is 376 g/mol. The van der Waals surface area contributed by atoms with Gasteiger partial charge in [-0.3, -0.25) is 14.6 Å². The summed E-state index contributed by atoms with van der Waals surface area (Å²) >= 11 is 0. The highest BCUT2D eigenvalue weighted by Gasteiger charge is 2.38. The molecule has 1 aliphatic carbocycles. The van der Waals surface area contributed by atoms with E-state index in [1.807, 2.05) is 0 Å². The monoisotopic (exact) mass is 395 g/mol. The summed E-state index contributed by atoms with van der Waals surface area (Å²) in [6.45, 7) is 1.73. The van der Waals surface area contributed by atoms with Gasteiger partial charge in [0.2, 0.25) is 0 Å². The highest BCUT2D eigenvalue weighted by molar-refractivity contribution is 6.09. The number of ketones is 1. The van der Waals surface area contributed by atoms with Crippen LogP contribution in [0.5, 0.6) is 0 Å². The van der Waals surface area contributed by atoms with Crippen LogP contribution in [0, 0.1) is 11.6 Å². The van der Waals surface area contributed by atoms with Gasteiger partial charge >= 0.3 is 0 Å². The van der Waals surface area contributed by atoms with Crippen LogP contribution in [0.4, 0.5) is 14.5 Å². The first-order chi connectivity index (χ1) is 14.0. The van der Waals surface area contributed by atoms with Crippen molar-refractivity contribution in [3.8, 4) is 0 Å². The van der Waals surface area contributed by atoms with E-state index < -0.39 is 29.1 Å². The van der Waals surface area contributed by atoms with Crippen LogP contribution >= 0.6 is 0 Å². The van der Waals surface area contributed by atoms with Crippen LogP contribution in [0.25, 0.3) is 0 Å². The summed E-state index contributed by atoms with van der Waals surface area (Å²) in [5.74, 6) is -3.05. The molecule has 1 aliphatic heterocycles. The molecule has 2 aliphatic rings. The molecule has 1 aromatic carbocycles. The number of hydrogen-bond acceptors (Lipinski definition) is 4. The third-order valence-electron chi connectivity index (χ3n) is 5.26. The zero-order valence-electron chi connectivity index (χ0n) is 15.8. The van der Waals surface area contributed by atoms with Gasteiger partial charge < -0.3 is 10.6 Å². The Morgan fingerprint density at radius 2 is 1.83 bits per heavy atom. The third kappa shape index (κ3) is 3.44. The van der Waals surface area contributed by atoms with Crippen molar-refractivity contribution < 1.29 is 18.4 Å². The number of halogens is 2. The fraction of sp³-hybridized carbons (Fsp3) is 0.227.